The first-order valence-corrected chi connectivity index (χ1v) is 6.52. The van der Waals surface area contributed by atoms with E-state index in [0.717, 1.165) is 11.3 Å². The molecule has 1 heterocycles. The smallest absolute Gasteiger partial charge is 0.262 e. The van der Waals surface area contributed by atoms with Crippen LogP contribution in [-0.2, 0) is 11.2 Å². The number of rotatable bonds is 5. The molecule has 4 nitrogen and oxygen atoms in total. The predicted molar refractivity (Wildman–Crippen MR) is 78.3 cm³/mol. The zero-order valence-electron chi connectivity index (χ0n) is 11.7. The molecule has 0 saturated carbocycles. The molecule has 1 saturated heterocycles. The van der Waals surface area contributed by atoms with Crippen LogP contribution in [0.2, 0.25) is 0 Å². The maximum atomic E-state index is 13.0. The molecule has 0 aliphatic carbocycles. The molecule has 7 heteroatoms. The van der Waals surface area contributed by atoms with Crippen molar-refractivity contribution < 1.29 is 18.3 Å². The molecule has 2 rings (SSSR count). The second-order valence-corrected chi connectivity index (χ2v) is 4.89. The highest BCUT2D eigenvalue weighted by atomic mass is 35.5. The van der Waals surface area contributed by atoms with Gasteiger partial charge in [-0.05, 0) is 24.1 Å². The summed E-state index contributed by atoms with van der Waals surface area (Å²) in [5.41, 5.74) is 1.02. The van der Waals surface area contributed by atoms with Gasteiger partial charge in [-0.1, -0.05) is 12.1 Å². The van der Waals surface area contributed by atoms with E-state index in [-0.39, 0.29) is 18.3 Å². The average Bonchev–Trinajstić information content (AvgIpc) is 2.79. The van der Waals surface area contributed by atoms with E-state index in [0.29, 0.717) is 13.0 Å². The van der Waals surface area contributed by atoms with Gasteiger partial charge in [-0.25, -0.2) is 8.78 Å². The van der Waals surface area contributed by atoms with Crippen LogP contribution < -0.4 is 15.4 Å². The Hall–Kier alpha value is -1.40. The first-order chi connectivity index (χ1) is 9.50. The number of amides is 1. The summed E-state index contributed by atoms with van der Waals surface area (Å²) in [6.45, 7) is -0.0171. The fourth-order valence-electron chi connectivity index (χ4n) is 2.18. The molecule has 1 fully saturated rings. The van der Waals surface area contributed by atoms with E-state index in [9.17, 15) is 13.6 Å². The van der Waals surface area contributed by atoms with Gasteiger partial charge in [0.1, 0.15) is 5.75 Å². The van der Waals surface area contributed by atoms with E-state index in [1.807, 2.05) is 24.3 Å². The van der Waals surface area contributed by atoms with E-state index in [2.05, 4.69) is 10.6 Å². The summed E-state index contributed by atoms with van der Waals surface area (Å²) in [7, 11) is 1.59. The monoisotopic (exact) mass is 320 g/mol. The molecule has 1 aliphatic rings. The summed E-state index contributed by atoms with van der Waals surface area (Å²) in [5, 5.41) is 5.20. The summed E-state index contributed by atoms with van der Waals surface area (Å²) >= 11 is 0. The summed E-state index contributed by atoms with van der Waals surface area (Å²) in [5.74, 6) is -2.40. The van der Waals surface area contributed by atoms with Crippen LogP contribution in [0.1, 0.15) is 12.0 Å². The minimum atomic E-state index is -2.78. The standard InChI is InChI=1S/C14H18F2N2O2.ClH/c1-20-11-4-2-3-10(7-11)5-6-17-13(19)12-8-14(15,16)9-18-12;/h2-4,7,12,18H,5-6,8-9H2,1H3,(H,17,19);1H. The van der Waals surface area contributed by atoms with Crippen LogP contribution in [0.5, 0.6) is 5.75 Å². The highest BCUT2D eigenvalue weighted by Gasteiger charge is 2.42. The van der Waals surface area contributed by atoms with E-state index in [4.69, 9.17) is 4.74 Å². The number of hydrogen-bond donors (Lipinski definition) is 2. The minimum Gasteiger partial charge on any atom is -0.497 e. The Morgan fingerprint density at radius 1 is 1.52 bits per heavy atom. The van der Waals surface area contributed by atoms with Gasteiger partial charge in [-0.2, -0.15) is 0 Å². The van der Waals surface area contributed by atoms with Gasteiger partial charge < -0.3 is 10.1 Å². The van der Waals surface area contributed by atoms with Gasteiger partial charge in [0.25, 0.3) is 5.92 Å². The van der Waals surface area contributed by atoms with Crippen molar-refractivity contribution in [3.63, 3.8) is 0 Å². The predicted octanol–water partition coefficient (Wildman–Crippen LogP) is 1.77. The number of carbonyl (C=O) groups excluding carboxylic acids is 1. The molecule has 0 bridgehead atoms. The first-order valence-electron chi connectivity index (χ1n) is 6.52. The summed E-state index contributed by atoms with van der Waals surface area (Å²) in [4.78, 5) is 11.7. The SMILES string of the molecule is COc1cccc(CCNC(=O)C2CC(F)(F)CN2)c1.Cl. The lowest BCUT2D eigenvalue weighted by Gasteiger charge is -2.11. The van der Waals surface area contributed by atoms with Crippen LogP contribution in [0.15, 0.2) is 24.3 Å². The molecule has 0 radical (unpaired) electrons. The van der Waals surface area contributed by atoms with Gasteiger partial charge in [0.15, 0.2) is 0 Å². The molecule has 1 aromatic carbocycles. The van der Waals surface area contributed by atoms with Gasteiger partial charge in [0.2, 0.25) is 5.91 Å². The topological polar surface area (TPSA) is 50.4 Å². The fourth-order valence-corrected chi connectivity index (χ4v) is 2.18. The number of nitrogens with one attached hydrogen (secondary N) is 2. The van der Waals surface area contributed by atoms with Crippen LogP contribution in [-0.4, -0.2) is 38.1 Å². The third-order valence-electron chi connectivity index (χ3n) is 3.27. The van der Waals surface area contributed by atoms with Crippen molar-refractivity contribution >= 4 is 18.3 Å². The van der Waals surface area contributed by atoms with Crippen molar-refractivity contribution in [3.8, 4) is 5.75 Å². The van der Waals surface area contributed by atoms with E-state index in [1.54, 1.807) is 7.11 Å². The molecule has 1 aromatic rings. The molecular formula is C14H19ClF2N2O2. The van der Waals surface area contributed by atoms with Crippen LogP contribution in [0.3, 0.4) is 0 Å². The molecule has 2 N–H and O–H groups in total. The third kappa shape index (κ3) is 5.13. The van der Waals surface area contributed by atoms with Crippen LogP contribution in [0, 0.1) is 0 Å². The van der Waals surface area contributed by atoms with Gasteiger partial charge in [0, 0.05) is 13.0 Å². The number of halogens is 3. The van der Waals surface area contributed by atoms with Gasteiger partial charge in [-0.3, -0.25) is 10.1 Å². The molecule has 1 aliphatic heterocycles. The molecule has 118 valence electrons. The third-order valence-corrected chi connectivity index (χ3v) is 3.27. The highest BCUT2D eigenvalue weighted by molar-refractivity contribution is 5.85. The average molecular weight is 321 g/mol. The van der Waals surface area contributed by atoms with Crippen molar-refractivity contribution in [2.45, 2.75) is 24.8 Å². The number of benzene rings is 1. The number of ether oxygens (including phenoxy) is 1. The summed E-state index contributed by atoms with van der Waals surface area (Å²) in [6, 6.07) is 6.72. The molecular weight excluding hydrogens is 302 g/mol. The Labute approximate surface area is 128 Å². The van der Waals surface area contributed by atoms with Crippen LogP contribution in [0.4, 0.5) is 8.78 Å². The molecule has 0 spiro atoms. The van der Waals surface area contributed by atoms with Crippen molar-refractivity contribution in [2.75, 3.05) is 20.2 Å². The fraction of sp³-hybridized carbons (Fsp3) is 0.500. The van der Waals surface area contributed by atoms with Crippen molar-refractivity contribution in [1.29, 1.82) is 0 Å². The molecule has 21 heavy (non-hydrogen) atoms. The molecule has 1 unspecified atom stereocenters. The second kappa shape index (κ2) is 7.56. The Kier molecular flexibility index (Phi) is 6.36. The Morgan fingerprint density at radius 3 is 2.90 bits per heavy atom. The first kappa shape index (κ1) is 17.7. The van der Waals surface area contributed by atoms with Crippen molar-refractivity contribution in [2.24, 2.45) is 0 Å². The van der Waals surface area contributed by atoms with Crippen LogP contribution in [0.25, 0.3) is 0 Å². The van der Waals surface area contributed by atoms with Gasteiger partial charge in [-0.15, -0.1) is 12.4 Å². The summed E-state index contributed by atoms with van der Waals surface area (Å²) < 4.78 is 31.0. The maximum Gasteiger partial charge on any atom is 0.262 e. The lowest BCUT2D eigenvalue weighted by atomic mass is 10.1. The minimum absolute atomic E-state index is 0. The van der Waals surface area contributed by atoms with Crippen molar-refractivity contribution in [1.82, 2.24) is 10.6 Å². The highest BCUT2D eigenvalue weighted by Crippen LogP contribution is 2.25. The quantitative estimate of drug-likeness (QED) is 0.869. The van der Waals surface area contributed by atoms with Gasteiger partial charge >= 0.3 is 0 Å². The lowest BCUT2D eigenvalue weighted by Crippen LogP contribution is -2.41. The van der Waals surface area contributed by atoms with E-state index >= 15 is 0 Å². The Morgan fingerprint density at radius 2 is 2.29 bits per heavy atom. The largest absolute Gasteiger partial charge is 0.497 e. The number of methoxy groups -OCH3 is 1. The zero-order valence-corrected chi connectivity index (χ0v) is 12.5. The molecule has 1 atom stereocenters. The van der Waals surface area contributed by atoms with Gasteiger partial charge in [0.05, 0.1) is 19.7 Å². The number of hydrogen-bond acceptors (Lipinski definition) is 3. The van der Waals surface area contributed by atoms with E-state index < -0.39 is 24.9 Å². The Balaban J connectivity index is 0.00000220. The molecule has 0 aromatic heterocycles. The normalized spacial score (nSPS) is 19.7. The molecule has 1 amide bonds. The maximum absolute atomic E-state index is 13.0. The van der Waals surface area contributed by atoms with Crippen molar-refractivity contribution in [3.05, 3.63) is 29.8 Å². The zero-order chi connectivity index (χ0) is 14.6. The second-order valence-electron chi connectivity index (χ2n) is 4.89. The lowest BCUT2D eigenvalue weighted by molar-refractivity contribution is -0.123. The number of alkyl halides is 2. The van der Waals surface area contributed by atoms with Crippen LogP contribution >= 0.6 is 12.4 Å². The van der Waals surface area contributed by atoms with E-state index in [1.165, 1.54) is 0 Å². The summed E-state index contributed by atoms with van der Waals surface area (Å²) in [6.07, 6.45) is 0.198. The Bertz CT molecular complexity index is 486. The number of carbonyl (C=O) groups is 1.